The van der Waals surface area contributed by atoms with Gasteiger partial charge in [-0.2, -0.15) is 0 Å². The van der Waals surface area contributed by atoms with E-state index in [-0.39, 0.29) is 11.5 Å². The van der Waals surface area contributed by atoms with E-state index in [1.807, 2.05) is 23.3 Å². The van der Waals surface area contributed by atoms with Gasteiger partial charge in [0.25, 0.3) is 5.91 Å². The van der Waals surface area contributed by atoms with Gasteiger partial charge in [0.1, 0.15) is 5.60 Å². The van der Waals surface area contributed by atoms with Crippen molar-refractivity contribution in [3.63, 3.8) is 0 Å². The molecule has 2 aromatic rings. The summed E-state index contributed by atoms with van der Waals surface area (Å²) in [5.41, 5.74) is 2.66. The number of ether oxygens (including phenoxy) is 1. The molecule has 0 aliphatic carbocycles. The number of piperidine rings is 1. The van der Waals surface area contributed by atoms with Crippen LogP contribution >= 0.6 is 11.6 Å². The van der Waals surface area contributed by atoms with Crippen LogP contribution in [0.3, 0.4) is 0 Å². The number of benzene rings is 1. The van der Waals surface area contributed by atoms with Crippen LogP contribution in [0.25, 0.3) is 5.57 Å². The summed E-state index contributed by atoms with van der Waals surface area (Å²) < 4.78 is 6.09. The number of carbonyl (C=O) groups excluding carboxylic acids is 1. The second-order valence-corrected chi connectivity index (χ2v) is 7.13. The van der Waals surface area contributed by atoms with Gasteiger partial charge in [0.05, 0.1) is 12.8 Å². The molecule has 4 nitrogen and oxygen atoms in total. The number of aromatic nitrogens is 1. The number of rotatable bonds is 2. The minimum atomic E-state index is -0.307. The van der Waals surface area contributed by atoms with Crippen LogP contribution in [0.4, 0.5) is 0 Å². The molecule has 1 aromatic heterocycles. The van der Waals surface area contributed by atoms with Crippen LogP contribution in [0.2, 0.25) is 5.02 Å². The van der Waals surface area contributed by atoms with E-state index in [4.69, 9.17) is 16.3 Å². The summed E-state index contributed by atoms with van der Waals surface area (Å²) in [7, 11) is 0. The van der Waals surface area contributed by atoms with Crippen molar-refractivity contribution < 1.29 is 9.53 Å². The quantitative estimate of drug-likeness (QED) is 0.812. The second kappa shape index (κ2) is 6.52. The molecule has 1 fully saturated rings. The number of nitrogens with zero attached hydrogens (tertiary/aromatic N) is 2. The smallest absolute Gasteiger partial charge is 0.253 e. The fourth-order valence-electron chi connectivity index (χ4n) is 3.65. The lowest BCUT2D eigenvalue weighted by molar-refractivity contribution is -0.0190. The molecule has 2 aliphatic heterocycles. The fraction of sp³-hybridized carbons (Fsp3) is 0.300. The zero-order chi connectivity index (χ0) is 17.3. The molecule has 1 amide bonds. The first-order valence-electron chi connectivity index (χ1n) is 8.47. The molecule has 0 radical (unpaired) electrons. The third-order valence-corrected chi connectivity index (χ3v) is 5.18. The molecule has 0 saturated carbocycles. The van der Waals surface area contributed by atoms with Gasteiger partial charge >= 0.3 is 0 Å². The standard InChI is InChI=1S/C20H19ClN2O2/c21-18-4-2-16(3-5-18)19(24)23-11-1-8-20(14-23)12-17(13-25-20)15-6-9-22-10-7-15/h2-7,9-10,13H,1,8,11-12,14H2. The average Bonchev–Trinajstić information content (AvgIpc) is 3.06. The van der Waals surface area contributed by atoms with Crippen molar-refractivity contribution in [3.05, 3.63) is 71.2 Å². The highest BCUT2D eigenvalue weighted by Crippen LogP contribution is 2.40. The SMILES string of the molecule is O=C(c1ccc(Cl)cc1)N1CCCC2(CC(c3ccncc3)=CO2)C1. The molecule has 25 heavy (non-hydrogen) atoms. The summed E-state index contributed by atoms with van der Waals surface area (Å²) in [6, 6.07) is 11.1. The maximum Gasteiger partial charge on any atom is 0.253 e. The van der Waals surface area contributed by atoms with E-state index < -0.39 is 0 Å². The Morgan fingerprint density at radius 1 is 1.16 bits per heavy atom. The maximum absolute atomic E-state index is 12.8. The lowest BCUT2D eigenvalue weighted by Gasteiger charge is -2.39. The lowest BCUT2D eigenvalue weighted by atomic mass is 9.86. The van der Waals surface area contributed by atoms with Gasteiger partial charge in [-0.3, -0.25) is 9.78 Å². The van der Waals surface area contributed by atoms with Gasteiger partial charge in [-0.25, -0.2) is 0 Å². The van der Waals surface area contributed by atoms with Crippen LogP contribution in [-0.2, 0) is 4.74 Å². The Hall–Kier alpha value is -2.33. The van der Waals surface area contributed by atoms with Gasteiger partial charge in [-0.1, -0.05) is 11.6 Å². The highest BCUT2D eigenvalue weighted by Gasteiger charge is 2.42. The highest BCUT2D eigenvalue weighted by molar-refractivity contribution is 6.30. The third-order valence-electron chi connectivity index (χ3n) is 4.93. The molecule has 1 saturated heterocycles. The number of carbonyl (C=O) groups is 1. The predicted molar refractivity (Wildman–Crippen MR) is 97.2 cm³/mol. The summed E-state index contributed by atoms with van der Waals surface area (Å²) in [6.07, 6.45) is 8.16. The topological polar surface area (TPSA) is 42.4 Å². The van der Waals surface area contributed by atoms with Gasteiger partial charge in [-0.05, 0) is 60.4 Å². The van der Waals surface area contributed by atoms with Crippen LogP contribution in [0.1, 0.15) is 35.2 Å². The van der Waals surface area contributed by atoms with Crippen molar-refractivity contribution in [3.8, 4) is 0 Å². The molecule has 2 aliphatic rings. The largest absolute Gasteiger partial charge is 0.492 e. The Morgan fingerprint density at radius 2 is 1.92 bits per heavy atom. The van der Waals surface area contributed by atoms with Crippen molar-refractivity contribution in [2.24, 2.45) is 0 Å². The number of hydrogen-bond donors (Lipinski definition) is 0. The van der Waals surface area contributed by atoms with Crippen LogP contribution in [-0.4, -0.2) is 34.5 Å². The molecule has 128 valence electrons. The molecule has 1 atom stereocenters. The molecule has 0 N–H and O–H groups in total. The summed E-state index contributed by atoms with van der Waals surface area (Å²) in [4.78, 5) is 18.8. The van der Waals surface area contributed by atoms with Gasteiger partial charge in [-0.15, -0.1) is 0 Å². The van der Waals surface area contributed by atoms with E-state index in [9.17, 15) is 4.79 Å². The molecule has 4 rings (SSSR count). The Labute approximate surface area is 152 Å². The van der Waals surface area contributed by atoms with Gasteiger partial charge < -0.3 is 9.64 Å². The Morgan fingerprint density at radius 3 is 2.68 bits per heavy atom. The maximum atomic E-state index is 12.8. The van der Waals surface area contributed by atoms with E-state index >= 15 is 0 Å². The van der Waals surface area contributed by atoms with E-state index in [2.05, 4.69) is 4.98 Å². The summed E-state index contributed by atoms with van der Waals surface area (Å²) in [6.45, 7) is 1.37. The molecule has 1 unspecified atom stereocenters. The normalized spacial score (nSPS) is 22.6. The summed E-state index contributed by atoms with van der Waals surface area (Å²) >= 11 is 5.92. The first-order valence-corrected chi connectivity index (χ1v) is 8.85. The Balaban J connectivity index is 1.48. The minimum absolute atomic E-state index is 0.0386. The summed E-state index contributed by atoms with van der Waals surface area (Å²) in [5, 5.41) is 0.636. The molecule has 3 heterocycles. The van der Waals surface area contributed by atoms with Crippen molar-refractivity contribution in [2.45, 2.75) is 24.9 Å². The third kappa shape index (κ3) is 3.27. The van der Waals surface area contributed by atoms with Gasteiger partial charge in [0, 0.05) is 35.9 Å². The monoisotopic (exact) mass is 354 g/mol. The van der Waals surface area contributed by atoms with Gasteiger partial charge in [0.2, 0.25) is 0 Å². The zero-order valence-corrected chi connectivity index (χ0v) is 14.6. The average molecular weight is 355 g/mol. The van der Waals surface area contributed by atoms with E-state index in [0.717, 1.165) is 31.4 Å². The number of hydrogen-bond acceptors (Lipinski definition) is 3. The first kappa shape index (κ1) is 16.2. The molecular formula is C20H19ClN2O2. The van der Waals surface area contributed by atoms with Crippen LogP contribution in [0.5, 0.6) is 0 Å². The van der Waals surface area contributed by atoms with Crippen LogP contribution in [0.15, 0.2) is 55.1 Å². The lowest BCUT2D eigenvalue weighted by Crippen LogP contribution is -2.50. The van der Waals surface area contributed by atoms with E-state index in [1.54, 1.807) is 36.7 Å². The number of likely N-dealkylation sites (tertiary alicyclic amines) is 1. The molecule has 1 aromatic carbocycles. The number of pyridine rings is 1. The Bertz CT molecular complexity index is 804. The van der Waals surface area contributed by atoms with Crippen LogP contribution in [0, 0.1) is 0 Å². The summed E-state index contributed by atoms with van der Waals surface area (Å²) in [5.74, 6) is 0.0386. The number of halogens is 1. The molecule has 0 bridgehead atoms. The van der Waals surface area contributed by atoms with Crippen molar-refractivity contribution in [1.29, 1.82) is 0 Å². The molecule has 5 heteroatoms. The highest BCUT2D eigenvalue weighted by atomic mass is 35.5. The van der Waals surface area contributed by atoms with Crippen molar-refractivity contribution >= 4 is 23.1 Å². The molecular weight excluding hydrogens is 336 g/mol. The predicted octanol–water partition coefficient (Wildman–Crippen LogP) is 4.17. The van der Waals surface area contributed by atoms with Crippen molar-refractivity contribution in [2.75, 3.05) is 13.1 Å². The molecule has 1 spiro atoms. The zero-order valence-electron chi connectivity index (χ0n) is 13.8. The second-order valence-electron chi connectivity index (χ2n) is 6.69. The fourth-order valence-corrected chi connectivity index (χ4v) is 3.78. The Kier molecular flexibility index (Phi) is 4.22. The van der Waals surface area contributed by atoms with Crippen molar-refractivity contribution in [1.82, 2.24) is 9.88 Å². The minimum Gasteiger partial charge on any atom is -0.492 e. The van der Waals surface area contributed by atoms with Gasteiger partial charge in [0.15, 0.2) is 0 Å². The van der Waals surface area contributed by atoms with E-state index in [1.165, 1.54) is 5.57 Å². The first-order chi connectivity index (χ1) is 12.2. The van der Waals surface area contributed by atoms with E-state index in [0.29, 0.717) is 17.1 Å². The van der Waals surface area contributed by atoms with Crippen LogP contribution < -0.4 is 0 Å². The number of amides is 1.